The number of aromatic hydroxyl groups is 2. The summed E-state index contributed by atoms with van der Waals surface area (Å²) in [4.78, 5) is 30.6. The van der Waals surface area contributed by atoms with E-state index in [9.17, 15) is 40.5 Å². The average molecular weight is 761 g/mol. The van der Waals surface area contributed by atoms with Crippen LogP contribution in [0.3, 0.4) is 0 Å². The number of aliphatic imine (C=N–C) groups is 1. The first kappa shape index (κ1) is 38.6. The van der Waals surface area contributed by atoms with Crippen molar-refractivity contribution in [1.82, 2.24) is 5.32 Å². The molecule has 1 aromatic heterocycles. The fraction of sp³-hybridized carbons (Fsp3) is 0.400. The van der Waals surface area contributed by atoms with Gasteiger partial charge in [0.1, 0.15) is 77.9 Å². The average Bonchev–Trinajstić information content (AvgIpc) is 3.77. The minimum Gasteiger partial charge on any atom is -0.508 e. The molecule has 7 unspecified atom stereocenters. The normalized spacial score (nSPS) is 23.1. The van der Waals surface area contributed by atoms with Crippen molar-refractivity contribution >= 4 is 33.1 Å². The van der Waals surface area contributed by atoms with Gasteiger partial charge in [0.25, 0.3) is 0 Å². The number of aliphatic hydroxyl groups is 5. The summed E-state index contributed by atoms with van der Waals surface area (Å²) in [5.74, 6) is 0.787. The van der Waals surface area contributed by atoms with Crippen molar-refractivity contribution < 1.29 is 59.6 Å². The Morgan fingerprint density at radius 3 is 2.65 bits per heavy atom. The Labute approximate surface area is 315 Å². The van der Waals surface area contributed by atoms with Crippen LogP contribution < -0.4 is 20.4 Å². The van der Waals surface area contributed by atoms with Crippen LogP contribution in [0.1, 0.15) is 30.2 Å². The summed E-state index contributed by atoms with van der Waals surface area (Å²) in [7, 11) is 1.80. The molecule has 0 bridgehead atoms. The Kier molecular flexibility index (Phi) is 10.6. The predicted molar refractivity (Wildman–Crippen MR) is 201 cm³/mol. The van der Waals surface area contributed by atoms with E-state index in [-0.39, 0.29) is 23.3 Å². The largest absolute Gasteiger partial charge is 0.508 e. The molecule has 0 spiro atoms. The molecule has 292 valence electrons. The number of nitrogens with zero attached hydrogens (tertiary/aromatic N) is 1. The van der Waals surface area contributed by atoms with Crippen molar-refractivity contribution in [3.8, 4) is 17.2 Å². The summed E-state index contributed by atoms with van der Waals surface area (Å²) in [6, 6.07) is 10.3. The molecule has 3 aliphatic heterocycles. The van der Waals surface area contributed by atoms with Crippen LogP contribution in [0, 0.1) is 6.92 Å². The lowest BCUT2D eigenvalue weighted by molar-refractivity contribution is -0.759. The number of hydrogen-bond donors (Lipinski definition) is 9. The van der Waals surface area contributed by atoms with Gasteiger partial charge in [0, 0.05) is 42.5 Å². The van der Waals surface area contributed by atoms with E-state index in [1.165, 1.54) is 36.4 Å². The first-order valence-corrected chi connectivity index (χ1v) is 18.1. The van der Waals surface area contributed by atoms with E-state index >= 15 is 0 Å². The van der Waals surface area contributed by atoms with Crippen molar-refractivity contribution in [2.75, 3.05) is 33.4 Å². The highest BCUT2D eigenvalue weighted by Crippen LogP contribution is 2.44. The summed E-state index contributed by atoms with van der Waals surface area (Å²) >= 11 is 0. The monoisotopic (exact) mass is 760 g/mol. The summed E-state index contributed by atoms with van der Waals surface area (Å²) < 4.78 is 13.1. The fourth-order valence-corrected chi connectivity index (χ4v) is 7.64. The van der Waals surface area contributed by atoms with Gasteiger partial charge in [-0.1, -0.05) is 6.07 Å². The summed E-state index contributed by atoms with van der Waals surface area (Å²) in [5, 5.41) is 78.8. The molecule has 0 saturated heterocycles. The van der Waals surface area contributed by atoms with Crippen molar-refractivity contribution in [3.63, 3.8) is 0 Å². The van der Waals surface area contributed by atoms with Crippen molar-refractivity contribution in [3.05, 3.63) is 93.6 Å². The SMILES string of the molecule is CNCCC1(C)Oc2c(cc3c(=O)cc(C)oc3c2[NH+]2C=C3C=CN=C3C2)CC1OOCC(O)(Cc1ccc(O)c2ccc(O)cc12)C(O)C(O)C(O)CO. The number of fused-ring (bicyclic) bond motifs is 4. The van der Waals surface area contributed by atoms with Crippen molar-refractivity contribution in [2.45, 2.75) is 68.7 Å². The Hall–Kier alpha value is -4.68. The number of phenolic OH excluding ortho intramolecular Hbond substituents is 2. The molecule has 0 radical (unpaired) electrons. The Morgan fingerprint density at radius 1 is 1.11 bits per heavy atom. The number of quaternary nitrogens is 1. The highest BCUT2D eigenvalue weighted by atomic mass is 17.2. The maximum Gasteiger partial charge on any atom is 0.222 e. The van der Waals surface area contributed by atoms with E-state index in [1.54, 1.807) is 26.2 Å². The molecule has 3 aromatic carbocycles. The maximum atomic E-state index is 13.4. The number of phenols is 2. The topological polar surface area (TPSA) is 228 Å². The summed E-state index contributed by atoms with van der Waals surface area (Å²) in [6.07, 6.45) is -0.815. The molecule has 9 N–H and O–H groups in total. The first-order chi connectivity index (χ1) is 26.2. The van der Waals surface area contributed by atoms with Gasteiger partial charge in [0.05, 0.1) is 17.6 Å². The minimum absolute atomic E-state index is 0.0862. The lowest BCUT2D eigenvalue weighted by Crippen LogP contribution is -3.01. The second-order valence-corrected chi connectivity index (χ2v) is 14.8. The van der Waals surface area contributed by atoms with Gasteiger partial charge in [-0.2, -0.15) is 0 Å². The van der Waals surface area contributed by atoms with Gasteiger partial charge in [-0.25, -0.2) is 9.78 Å². The molecule has 0 aliphatic carbocycles. The van der Waals surface area contributed by atoms with Gasteiger partial charge in [-0.3, -0.25) is 14.7 Å². The second kappa shape index (κ2) is 15.1. The van der Waals surface area contributed by atoms with Crippen LogP contribution in [-0.2, 0) is 22.6 Å². The molecule has 55 heavy (non-hydrogen) atoms. The first-order valence-electron chi connectivity index (χ1n) is 18.1. The molecule has 0 amide bonds. The lowest BCUT2D eigenvalue weighted by atomic mass is 9.84. The van der Waals surface area contributed by atoms with Crippen molar-refractivity contribution in [2.24, 2.45) is 4.99 Å². The molecule has 4 aromatic rings. The molecule has 15 nitrogen and oxygen atoms in total. The van der Waals surface area contributed by atoms with E-state index in [2.05, 4.69) is 10.3 Å². The number of aliphatic hydroxyl groups excluding tert-OH is 4. The highest BCUT2D eigenvalue weighted by Gasteiger charge is 2.48. The Bertz CT molecular complexity index is 2270. The fourth-order valence-electron chi connectivity index (χ4n) is 7.64. The minimum atomic E-state index is -2.36. The summed E-state index contributed by atoms with van der Waals surface area (Å²) in [5.41, 5.74) is 0.310. The third-order valence-electron chi connectivity index (χ3n) is 10.8. The molecule has 0 fully saturated rings. The van der Waals surface area contributed by atoms with Gasteiger partial charge in [0.15, 0.2) is 11.2 Å². The van der Waals surface area contributed by atoms with Crippen LogP contribution in [0.25, 0.3) is 21.7 Å². The van der Waals surface area contributed by atoms with Gasteiger partial charge in [0.2, 0.25) is 11.3 Å². The molecule has 0 saturated carbocycles. The number of ether oxygens (including phenoxy) is 1. The lowest BCUT2D eigenvalue weighted by Gasteiger charge is -2.42. The van der Waals surface area contributed by atoms with E-state index < -0.39 is 55.3 Å². The molecular weight excluding hydrogens is 714 g/mol. The Morgan fingerprint density at radius 2 is 1.91 bits per heavy atom. The third-order valence-corrected chi connectivity index (χ3v) is 10.8. The Balaban J connectivity index is 1.23. The molecule has 4 heterocycles. The van der Waals surface area contributed by atoms with Crippen LogP contribution >= 0.6 is 0 Å². The van der Waals surface area contributed by atoms with E-state index in [0.717, 1.165) is 16.2 Å². The number of allylic oxidation sites excluding steroid dienone is 1. The van der Waals surface area contributed by atoms with E-state index in [0.29, 0.717) is 69.6 Å². The summed E-state index contributed by atoms with van der Waals surface area (Å²) in [6.45, 7) is 2.96. The van der Waals surface area contributed by atoms with Crippen LogP contribution in [-0.4, -0.2) is 110 Å². The number of benzene rings is 3. The number of rotatable bonds is 14. The molecule has 3 aliphatic rings. The van der Waals surface area contributed by atoms with Gasteiger partial charge < -0.3 is 50.2 Å². The highest BCUT2D eigenvalue weighted by molar-refractivity contribution is 6.07. The van der Waals surface area contributed by atoms with E-state index in [1.807, 2.05) is 19.2 Å². The zero-order chi connectivity index (χ0) is 39.2. The van der Waals surface area contributed by atoms with Crippen LogP contribution in [0.15, 0.2) is 80.7 Å². The third kappa shape index (κ3) is 7.26. The molecule has 7 rings (SSSR count). The van der Waals surface area contributed by atoms with Crippen molar-refractivity contribution in [1.29, 1.82) is 0 Å². The number of aryl methyl sites for hydroxylation is 1. The quantitative estimate of drug-likeness (QED) is 0.0639. The second-order valence-electron chi connectivity index (χ2n) is 14.8. The molecule has 7 atom stereocenters. The molecule has 15 heteroatoms. The zero-order valence-electron chi connectivity index (χ0n) is 30.7. The molecular formula is C40H46N3O12+. The van der Waals surface area contributed by atoms with E-state index in [4.69, 9.17) is 18.9 Å². The van der Waals surface area contributed by atoms with Crippen LogP contribution in [0.4, 0.5) is 5.69 Å². The van der Waals surface area contributed by atoms with Crippen LogP contribution in [0.2, 0.25) is 0 Å². The van der Waals surface area contributed by atoms with Gasteiger partial charge in [-0.15, -0.1) is 0 Å². The van der Waals surface area contributed by atoms with Gasteiger partial charge >= 0.3 is 0 Å². The number of nitrogens with one attached hydrogen (secondary N) is 2. The zero-order valence-corrected chi connectivity index (χ0v) is 30.7. The number of hydrogen-bond acceptors (Lipinski definition) is 14. The maximum absolute atomic E-state index is 13.4. The predicted octanol–water partition coefficient (Wildman–Crippen LogP) is 0.717. The van der Waals surface area contributed by atoms with Gasteiger partial charge in [-0.05, 0) is 74.8 Å². The van der Waals surface area contributed by atoms with Crippen LogP contribution in [0.5, 0.6) is 17.2 Å². The smallest absolute Gasteiger partial charge is 0.222 e. The standard InChI is InChI=1S/C40H45N3O12/c1-21-12-31(47)28-13-24-14-33(39(2,9-11-41-3)54-36(24)34(37(28)53-21)43-17-23-8-10-42-29(23)18-43)55-52-20-40(51,38(50)35(49)32(48)19-44)16-22-4-7-30(46)26-6-5-25(45)15-27(22)26/h4-8,10,12-13,15,17,32-33,35,38,41,44-46,48-51H,9,11,14,16,18-20H2,1-3H3/p+1.